The van der Waals surface area contributed by atoms with Gasteiger partial charge in [0.15, 0.2) is 0 Å². The first-order valence-electron chi connectivity index (χ1n) is 7.94. The Labute approximate surface area is 135 Å². The van der Waals surface area contributed by atoms with Crippen LogP contribution in [0.1, 0.15) is 41.6 Å². The zero-order valence-electron chi connectivity index (χ0n) is 12.6. The number of nitrogens with one attached hydrogen (secondary N) is 1. The number of halogens is 1. The molecule has 1 N–H and O–H groups in total. The van der Waals surface area contributed by atoms with Gasteiger partial charge in [0.05, 0.1) is 0 Å². The average Bonchev–Trinajstić information content (AvgIpc) is 3.03. The van der Waals surface area contributed by atoms with Crippen LogP contribution in [-0.4, -0.2) is 36.5 Å². The number of amides is 1. The Morgan fingerprint density at radius 2 is 2.19 bits per heavy atom. The first-order chi connectivity index (χ1) is 10.1. The van der Waals surface area contributed by atoms with Crippen LogP contribution in [-0.2, 0) is 0 Å². The quantitative estimate of drug-likeness (QED) is 0.886. The van der Waals surface area contributed by atoms with Crippen molar-refractivity contribution in [2.24, 2.45) is 5.92 Å². The van der Waals surface area contributed by atoms with Gasteiger partial charge in [-0.25, -0.2) is 0 Å². The summed E-state index contributed by atoms with van der Waals surface area (Å²) in [6.45, 7) is 4.95. The molecule has 2 aliphatic rings. The molecule has 1 aromatic rings. The van der Waals surface area contributed by atoms with Gasteiger partial charge in [0.1, 0.15) is 0 Å². The lowest BCUT2D eigenvalue weighted by molar-refractivity contribution is 0.0650. The van der Waals surface area contributed by atoms with E-state index in [-0.39, 0.29) is 5.91 Å². The van der Waals surface area contributed by atoms with Crippen molar-refractivity contribution in [1.82, 2.24) is 10.2 Å². The Hall–Kier alpha value is -0.870. The maximum atomic E-state index is 12.8. The van der Waals surface area contributed by atoms with E-state index in [1.165, 1.54) is 19.3 Å². The highest BCUT2D eigenvalue weighted by Gasteiger charge is 2.31. The maximum Gasteiger partial charge on any atom is 0.254 e. The van der Waals surface area contributed by atoms with Crippen LogP contribution in [0.15, 0.2) is 22.7 Å². The van der Waals surface area contributed by atoms with E-state index in [1.54, 1.807) is 0 Å². The van der Waals surface area contributed by atoms with Crippen LogP contribution >= 0.6 is 15.9 Å². The van der Waals surface area contributed by atoms with E-state index in [4.69, 9.17) is 0 Å². The number of rotatable bonds is 2. The molecule has 2 aliphatic heterocycles. The van der Waals surface area contributed by atoms with Gasteiger partial charge >= 0.3 is 0 Å². The fraction of sp³-hybridized carbons (Fsp3) is 0.588. The van der Waals surface area contributed by atoms with Gasteiger partial charge in [-0.15, -0.1) is 0 Å². The second-order valence-corrected chi connectivity index (χ2v) is 7.23. The molecule has 0 bridgehead atoms. The van der Waals surface area contributed by atoms with E-state index in [2.05, 4.69) is 26.1 Å². The van der Waals surface area contributed by atoms with E-state index >= 15 is 0 Å². The van der Waals surface area contributed by atoms with Crippen LogP contribution < -0.4 is 5.32 Å². The van der Waals surface area contributed by atoms with Crippen LogP contribution in [0.5, 0.6) is 0 Å². The highest BCUT2D eigenvalue weighted by Crippen LogP contribution is 2.26. The largest absolute Gasteiger partial charge is 0.338 e. The minimum absolute atomic E-state index is 0.191. The molecule has 0 radical (unpaired) electrons. The van der Waals surface area contributed by atoms with Crippen LogP contribution in [0, 0.1) is 12.8 Å². The highest BCUT2D eigenvalue weighted by atomic mass is 79.9. The van der Waals surface area contributed by atoms with Crippen molar-refractivity contribution in [2.75, 3.05) is 19.6 Å². The molecule has 2 heterocycles. The zero-order chi connectivity index (χ0) is 14.8. The van der Waals surface area contributed by atoms with E-state index in [0.29, 0.717) is 12.0 Å². The molecule has 0 aromatic heterocycles. The summed E-state index contributed by atoms with van der Waals surface area (Å²) in [7, 11) is 0. The number of hydrogen-bond donors (Lipinski definition) is 1. The summed E-state index contributed by atoms with van der Waals surface area (Å²) < 4.78 is 0.975. The van der Waals surface area contributed by atoms with Crippen LogP contribution in [0.3, 0.4) is 0 Å². The molecule has 1 amide bonds. The molecule has 21 heavy (non-hydrogen) atoms. The number of nitrogens with zero attached hydrogens (tertiary/aromatic N) is 1. The van der Waals surface area contributed by atoms with Gasteiger partial charge in [0.25, 0.3) is 5.91 Å². The Morgan fingerprint density at radius 1 is 1.33 bits per heavy atom. The van der Waals surface area contributed by atoms with Crippen molar-refractivity contribution < 1.29 is 4.79 Å². The second kappa shape index (κ2) is 6.49. The van der Waals surface area contributed by atoms with Crippen molar-refractivity contribution >= 4 is 21.8 Å². The van der Waals surface area contributed by atoms with E-state index < -0.39 is 0 Å². The first-order valence-corrected chi connectivity index (χ1v) is 8.73. The number of likely N-dealkylation sites (tertiary alicyclic amines) is 1. The molecule has 2 unspecified atom stereocenters. The summed E-state index contributed by atoms with van der Waals surface area (Å²) in [5.41, 5.74) is 1.90. The van der Waals surface area contributed by atoms with Gasteiger partial charge in [0, 0.05) is 29.2 Å². The molecular weight excluding hydrogens is 328 g/mol. The van der Waals surface area contributed by atoms with Crippen molar-refractivity contribution in [3.05, 3.63) is 33.8 Å². The Bertz CT molecular complexity index is 526. The molecule has 4 heteroatoms. The third-order valence-corrected chi connectivity index (χ3v) is 5.34. The SMILES string of the molecule is Cc1ccc(Br)cc1C(=O)N1CCCC(C2CCCN2)C1. The molecule has 0 aliphatic carbocycles. The average molecular weight is 351 g/mol. The van der Waals surface area contributed by atoms with Crippen molar-refractivity contribution in [3.8, 4) is 0 Å². The fourth-order valence-electron chi connectivity index (χ4n) is 3.63. The van der Waals surface area contributed by atoms with Crippen LogP contribution in [0.25, 0.3) is 0 Å². The number of aryl methyl sites for hydroxylation is 1. The summed E-state index contributed by atoms with van der Waals surface area (Å²) in [6, 6.07) is 6.57. The van der Waals surface area contributed by atoms with E-state index in [9.17, 15) is 4.79 Å². The molecule has 2 fully saturated rings. The summed E-state index contributed by atoms with van der Waals surface area (Å²) in [5, 5.41) is 3.60. The third kappa shape index (κ3) is 3.32. The van der Waals surface area contributed by atoms with E-state index in [1.807, 2.05) is 25.1 Å². The van der Waals surface area contributed by atoms with E-state index in [0.717, 1.165) is 41.7 Å². The van der Waals surface area contributed by atoms with Gasteiger partial charge in [-0.05, 0) is 62.8 Å². The van der Waals surface area contributed by atoms with Crippen molar-refractivity contribution in [1.29, 1.82) is 0 Å². The number of piperidine rings is 1. The molecule has 3 rings (SSSR count). The van der Waals surface area contributed by atoms with Gasteiger partial charge in [0.2, 0.25) is 0 Å². The van der Waals surface area contributed by atoms with Crippen LogP contribution in [0.2, 0.25) is 0 Å². The molecular formula is C17H23BrN2O. The first kappa shape index (κ1) is 15.0. The minimum atomic E-state index is 0.191. The molecule has 1 aromatic carbocycles. The van der Waals surface area contributed by atoms with Gasteiger partial charge < -0.3 is 10.2 Å². The topological polar surface area (TPSA) is 32.3 Å². The number of carbonyl (C=O) groups is 1. The number of benzene rings is 1. The lowest BCUT2D eigenvalue weighted by Gasteiger charge is -2.36. The molecule has 3 nitrogen and oxygen atoms in total. The number of hydrogen-bond acceptors (Lipinski definition) is 2. The van der Waals surface area contributed by atoms with Crippen molar-refractivity contribution in [2.45, 2.75) is 38.6 Å². The van der Waals surface area contributed by atoms with Gasteiger partial charge in [-0.1, -0.05) is 22.0 Å². The molecule has 0 spiro atoms. The lowest BCUT2D eigenvalue weighted by atomic mass is 9.89. The minimum Gasteiger partial charge on any atom is -0.338 e. The summed E-state index contributed by atoms with van der Waals surface area (Å²) in [6.07, 6.45) is 4.92. The second-order valence-electron chi connectivity index (χ2n) is 6.32. The summed E-state index contributed by atoms with van der Waals surface area (Å²) in [5.74, 6) is 0.814. The van der Waals surface area contributed by atoms with Crippen molar-refractivity contribution in [3.63, 3.8) is 0 Å². The monoisotopic (exact) mass is 350 g/mol. The van der Waals surface area contributed by atoms with Gasteiger partial charge in [-0.3, -0.25) is 4.79 Å². The number of carbonyl (C=O) groups excluding carboxylic acids is 1. The predicted octanol–water partition coefficient (Wildman–Crippen LogP) is 3.36. The zero-order valence-corrected chi connectivity index (χ0v) is 14.2. The summed E-state index contributed by atoms with van der Waals surface area (Å²) >= 11 is 3.47. The molecule has 2 saturated heterocycles. The molecule has 114 valence electrons. The Morgan fingerprint density at radius 3 is 2.95 bits per heavy atom. The van der Waals surface area contributed by atoms with Crippen LogP contribution in [0.4, 0.5) is 0 Å². The molecule has 2 atom stereocenters. The van der Waals surface area contributed by atoms with Gasteiger partial charge in [-0.2, -0.15) is 0 Å². The standard InChI is InChI=1S/C17H23BrN2O/c1-12-6-7-14(18)10-15(12)17(21)20-9-3-4-13(11-20)16-5-2-8-19-16/h6-7,10,13,16,19H,2-5,8-9,11H2,1H3. The normalized spacial score (nSPS) is 26.1. The highest BCUT2D eigenvalue weighted by molar-refractivity contribution is 9.10. The summed E-state index contributed by atoms with van der Waals surface area (Å²) in [4.78, 5) is 14.9. The third-order valence-electron chi connectivity index (χ3n) is 4.84. The predicted molar refractivity (Wildman–Crippen MR) is 88.5 cm³/mol. The fourth-order valence-corrected chi connectivity index (χ4v) is 3.99. The lowest BCUT2D eigenvalue weighted by Crippen LogP contribution is -2.46. The Kier molecular flexibility index (Phi) is 4.65. The Balaban J connectivity index is 1.73. The smallest absolute Gasteiger partial charge is 0.254 e. The maximum absolute atomic E-state index is 12.8. The molecule has 0 saturated carbocycles.